The Labute approximate surface area is 136 Å². The number of aromatic nitrogens is 1. The molecule has 2 rings (SSSR count). The maximum atomic E-state index is 12.6. The molecule has 2 atom stereocenters. The van der Waals surface area contributed by atoms with E-state index in [2.05, 4.69) is 4.98 Å². The van der Waals surface area contributed by atoms with Gasteiger partial charge in [-0.2, -0.15) is 13.2 Å². The van der Waals surface area contributed by atoms with Crippen molar-refractivity contribution in [2.75, 3.05) is 13.1 Å². The number of alkyl halides is 3. The van der Waals surface area contributed by atoms with E-state index in [1.807, 2.05) is 0 Å². The summed E-state index contributed by atoms with van der Waals surface area (Å²) in [6, 6.07) is -0.573. The number of amides is 1. The van der Waals surface area contributed by atoms with Crippen LogP contribution in [0.4, 0.5) is 18.0 Å². The minimum Gasteiger partial charge on any atom is -0.444 e. The Bertz CT molecular complexity index is 568. The molecule has 1 amide bonds. The minimum absolute atomic E-state index is 0.107. The first kappa shape index (κ1) is 18.0. The molecule has 1 aliphatic rings. The maximum Gasteiger partial charge on any atom is 0.443 e. The summed E-state index contributed by atoms with van der Waals surface area (Å²) >= 11 is 0.559. The number of halogens is 3. The highest BCUT2D eigenvalue weighted by molar-refractivity contribution is 7.11. The largest absolute Gasteiger partial charge is 0.444 e. The first-order valence-electron chi connectivity index (χ1n) is 7.24. The van der Waals surface area contributed by atoms with Crippen LogP contribution in [0.1, 0.15) is 43.1 Å². The van der Waals surface area contributed by atoms with E-state index in [4.69, 9.17) is 10.5 Å². The first-order chi connectivity index (χ1) is 10.5. The average Bonchev–Trinajstić information content (AvgIpc) is 3.05. The number of nitrogens with two attached hydrogens (primary N) is 1. The lowest BCUT2D eigenvalue weighted by molar-refractivity contribution is -0.137. The van der Waals surface area contributed by atoms with Gasteiger partial charge in [-0.15, -0.1) is 11.3 Å². The van der Waals surface area contributed by atoms with Gasteiger partial charge in [0.05, 0.1) is 0 Å². The standard InChI is InChI=1S/C14H20F3N3O2S/c1-13(2,3)22-12(21)20-5-4-8(7-20)10(18)9-6-19-11(23-9)14(15,16)17/h6,8,10H,4-5,7,18H2,1-3H3. The van der Waals surface area contributed by atoms with Crippen molar-refractivity contribution in [1.29, 1.82) is 0 Å². The van der Waals surface area contributed by atoms with Crippen LogP contribution in [-0.4, -0.2) is 34.7 Å². The zero-order valence-electron chi connectivity index (χ0n) is 13.2. The quantitative estimate of drug-likeness (QED) is 0.886. The Morgan fingerprint density at radius 2 is 2.13 bits per heavy atom. The van der Waals surface area contributed by atoms with Crippen LogP contribution in [0.2, 0.25) is 0 Å². The summed E-state index contributed by atoms with van der Waals surface area (Å²) in [5, 5.41) is -0.898. The van der Waals surface area contributed by atoms with Gasteiger partial charge in [-0.3, -0.25) is 0 Å². The van der Waals surface area contributed by atoms with Gasteiger partial charge in [0, 0.05) is 30.2 Å². The van der Waals surface area contributed by atoms with Crippen molar-refractivity contribution in [3.63, 3.8) is 0 Å². The Balaban J connectivity index is 1.98. The van der Waals surface area contributed by atoms with Gasteiger partial charge in [0.25, 0.3) is 0 Å². The van der Waals surface area contributed by atoms with Gasteiger partial charge in [0.2, 0.25) is 0 Å². The summed E-state index contributed by atoms with van der Waals surface area (Å²) < 4.78 is 43.1. The molecule has 1 saturated heterocycles. The van der Waals surface area contributed by atoms with Gasteiger partial charge in [0.1, 0.15) is 5.60 Å². The lowest BCUT2D eigenvalue weighted by Gasteiger charge is -2.25. The van der Waals surface area contributed by atoms with Crippen LogP contribution in [0.15, 0.2) is 6.20 Å². The Kier molecular flexibility index (Phi) is 4.91. The summed E-state index contributed by atoms with van der Waals surface area (Å²) in [6.07, 6.45) is -3.08. The fourth-order valence-electron chi connectivity index (χ4n) is 2.38. The lowest BCUT2D eigenvalue weighted by Crippen LogP contribution is -2.36. The Hall–Kier alpha value is -1.35. The summed E-state index contributed by atoms with van der Waals surface area (Å²) in [4.78, 5) is 17.3. The number of carbonyl (C=O) groups is 1. The molecule has 130 valence electrons. The molecule has 5 nitrogen and oxygen atoms in total. The van der Waals surface area contributed by atoms with E-state index in [-0.39, 0.29) is 5.92 Å². The molecular formula is C14H20F3N3O2S. The molecule has 0 spiro atoms. The molecule has 2 unspecified atom stereocenters. The van der Waals surface area contributed by atoms with Crippen LogP contribution in [-0.2, 0) is 10.9 Å². The third-order valence-electron chi connectivity index (χ3n) is 3.48. The highest BCUT2D eigenvalue weighted by Gasteiger charge is 2.37. The topological polar surface area (TPSA) is 68.5 Å². The van der Waals surface area contributed by atoms with Gasteiger partial charge in [0.15, 0.2) is 5.01 Å². The average molecular weight is 351 g/mol. The first-order valence-corrected chi connectivity index (χ1v) is 8.05. The Morgan fingerprint density at radius 3 is 2.65 bits per heavy atom. The molecule has 1 aliphatic heterocycles. The van der Waals surface area contributed by atoms with Crippen molar-refractivity contribution >= 4 is 17.4 Å². The second-order valence-corrected chi connectivity index (χ2v) is 7.63. The van der Waals surface area contributed by atoms with Crippen molar-refractivity contribution in [3.05, 3.63) is 16.1 Å². The van der Waals surface area contributed by atoms with E-state index >= 15 is 0 Å². The third kappa shape index (κ3) is 4.57. The van der Waals surface area contributed by atoms with E-state index in [9.17, 15) is 18.0 Å². The van der Waals surface area contributed by atoms with Crippen LogP contribution >= 0.6 is 11.3 Å². The summed E-state index contributed by atoms with van der Waals surface area (Å²) in [7, 11) is 0. The van der Waals surface area contributed by atoms with Crippen molar-refractivity contribution in [3.8, 4) is 0 Å². The molecule has 0 aromatic carbocycles. The smallest absolute Gasteiger partial charge is 0.443 e. The van der Waals surface area contributed by atoms with Gasteiger partial charge < -0.3 is 15.4 Å². The van der Waals surface area contributed by atoms with E-state index in [0.29, 0.717) is 35.7 Å². The molecular weight excluding hydrogens is 331 g/mol. The van der Waals surface area contributed by atoms with Crippen LogP contribution in [0, 0.1) is 5.92 Å². The molecule has 23 heavy (non-hydrogen) atoms. The van der Waals surface area contributed by atoms with Gasteiger partial charge in [-0.25, -0.2) is 9.78 Å². The van der Waals surface area contributed by atoms with Crippen LogP contribution in [0.3, 0.4) is 0 Å². The van der Waals surface area contributed by atoms with Gasteiger partial charge >= 0.3 is 12.3 Å². The number of thiazole rings is 1. The van der Waals surface area contributed by atoms with Gasteiger partial charge in [-0.1, -0.05) is 0 Å². The zero-order chi connectivity index (χ0) is 17.4. The summed E-state index contributed by atoms with van der Waals surface area (Å²) in [6.45, 7) is 6.19. The third-order valence-corrected chi connectivity index (χ3v) is 4.62. The molecule has 2 N–H and O–H groups in total. The molecule has 0 saturated carbocycles. The van der Waals surface area contributed by atoms with Gasteiger partial charge in [-0.05, 0) is 33.1 Å². The SMILES string of the molecule is CC(C)(C)OC(=O)N1CCC(C(N)c2cnc(C(F)(F)F)s2)C1. The fraction of sp³-hybridized carbons (Fsp3) is 0.714. The number of carbonyl (C=O) groups excluding carboxylic acids is 1. The number of hydrogen-bond acceptors (Lipinski definition) is 5. The highest BCUT2D eigenvalue weighted by atomic mass is 32.1. The van der Waals surface area contributed by atoms with Crippen LogP contribution in [0.25, 0.3) is 0 Å². The molecule has 1 fully saturated rings. The van der Waals surface area contributed by atoms with E-state index in [0.717, 1.165) is 0 Å². The molecule has 2 heterocycles. The number of rotatable bonds is 2. The molecule has 0 aliphatic carbocycles. The number of ether oxygens (including phenoxy) is 1. The number of nitrogens with zero attached hydrogens (tertiary/aromatic N) is 2. The maximum absolute atomic E-state index is 12.6. The Morgan fingerprint density at radius 1 is 1.48 bits per heavy atom. The monoisotopic (exact) mass is 351 g/mol. The van der Waals surface area contributed by atoms with Crippen molar-refractivity contribution in [2.24, 2.45) is 11.7 Å². The molecule has 0 radical (unpaired) electrons. The molecule has 0 bridgehead atoms. The molecule has 9 heteroatoms. The second kappa shape index (κ2) is 6.27. The fourth-order valence-corrected chi connectivity index (χ4v) is 3.26. The van der Waals surface area contributed by atoms with Crippen molar-refractivity contribution < 1.29 is 22.7 Å². The van der Waals surface area contributed by atoms with Crippen molar-refractivity contribution in [2.45, 2.75) is 45.0 Å². The second-order valence-electron chi connectivity index (χ2n) is 6.57. The predicted octanol–water partition coefficient (Wildman–Crippen LogP) is 3.42. The van der Waals surface area contributed by atoms with E-state index in [1.165, 1.54) is 6.20 Å². The lowest BCUT2D eigenvalue weighted by atomic mass is 9.99. The number of hydrogen-bond donors (Lipinski definition) is 1. The van der Waals surface area contributed by atoms with E-state index in [1.54, 1.807) is 25.7 Å². The predicted molar refractivity (Wildman–Crippen MR) is 80.0 cm³/mol. The van der Waals surface area contributed by atoms with Crippen LogP contribution in [0.5, 0.6) is 0 Å². The normalized spacial score (nSPS) is 20.7. The number of likely N-dealkylation sites (tertiary alicyclic amines) is 1. The van der Waals surface area contributed by atoms with Crippen molar-refractivity contribution in [1.82, 2.24) is 9.88 Å². The summed E-state index contributed by atoms with van der Waals surface area (Å²) in [5.74, 6) is -0.107. The van der Waals surface area contributed by atoms with E-state index < -0.39 is 28.9 Å². The molecule has 1 aromatic rings. The van der Waals surface area contributed by atoms with Crippen LogP contribution < -0.4 is 5.73 Å². The summed E-state index contributed by atoms with van der Waals surface area (Å²) in [5.41, 5.74) is 5.48. The highest BCUT2D eigenvalue weighted by Crippen LogP contribution is 2.37. The minimum atomic E-state index is -4.46. The molecule has 1 aromatic heterocycles. The zero-order valence-corrected chi connectivity index (χ0v) is 14.0.